The van der Waals surface area contributed by atoms with Crippen molar-refractivity contribution in [2.75, 3.05) is 7.11 Å². The van der Waals surface area contributed by atoms with E-state index in [-0.39, 0.29) is 12.0 Å². The van der Waals surface area contributed by atoms with Gasteiger partial charge < -0.3 is 15.6 Å². The normalized spacial score (nSPS) is 16.4. The largest absolute Gasteiger partial charge is 0.497 e. The van der Waals surface area contributed by atoms with E-state index >= 15 is 0 Å². The van der Waals surface area contributed by atoms with Crippen molar-refractivity contribution < 1.29 is 9.84 Å². The van der Waals surface area contributed by atoms with Crippen LogP contribution in [0.2, 0.25) is 0 Å². The minimum Gasteiger partial charge on any atom is -0.497 e. The first-order chi connectivity index (χ1) is 8.01. The Morgan fingerprint density at radius 2 is 2.06 bits per heavy atom. The van der Waals surface area contributed by atoms with Gasteiger partial charge in [-0.2, -0.15) is 0 Å². The Labute approximate surface area is 104 Å². The second-order valence-electron chi connectivity index (χ2n) is 4.62. The van der Waals surface area contributed by atoms with Crippen LogP contribution in [-0.2, 0) is 0 Å². The van der Waals surface area contributed by atoms with Gasteiger partial charge in [-0.05, 0) is 36.1 Å². The zero-order valence-electron chi connectivity index (χ0n) is 11.1. The summed E-state index contributed by atoms with van der Waals surface area (Å²) < 4.78 is 5.16. The van der Waals surface area contributed by atoms with Gasteiger partial charge in [0.25, 0.3) is 0 Å². The number of nitrogens with two attached hydrogens (primary N) is 1. The van der Waals surface area contributed by atoms with E-state index in [1.54, 1.807) is 7.11 Å². The molecule has 96 valence electrons. The lowest BCUT2D eigenvalue weighted by Crippen LogP contribution is -2.32. The van der Waals surface area contributed by atoms with E-state index in [0.717, 1.165) is 23.3 Å². The van der Waals surface area contributed by atoms with Crippen molar-refractivity contribution in [1.82, 2.24) is 0 Å². The highest BCUT2D eigenvalue weighted by Gasteiger charge is 2.23. The molecule has 0 aliphatic rings. The molecule has 0 aromatic heterocycles. The standard InChI is InChI=1S/C14H23NO2/c1-5-9(2)14(16)13(15)12-7-6-11(17-4)8-10(12)3/h6-9,13-14,16H,5,15H2,1-4H3/t9?,13-,14+/m0/s1. The van der Waals surface area contributed by atoms with Crippen molar-refractivity contribution >= 4 is 0 Å². The Morgan fingerprint density at radius 1 is 1.41 bits per heavy atom. The minimum atomic E-state index is -0.507. The summed E-state index contributed by atoms with van der Waals surface area (Å²) in [5, 5.41) is 10.1. The van der Waals surface area contributed by atoms with Gasteiger partial charge in [0, 0.05) is 0 Å². The topological polar surface area (TPSA) is 55.5 Å². The number of ether oxygens (including phenoxy) is 1. The summed E-state index contributed by atoms with van der Waals surface area (Å²) in [6.07, 6.45) is 0.413. The van der Waals surface area contributed by atoms with Crippen LogP contribution in [0.1, 0.15) is 37.4 Å². The summed E-state index contributed by atoms with van der Waals surface area (Å²) in [5.41, 5.74) is 8.16. The zero-order chi connectivity index (χ0) is 13.0. The number of aliphatic hydroxyl groups is 1. The molecule has 1 rings (SSSR count). The van der Waals surface area contributed by atoms with Crippen molar-refractivity contribution in [3.8, 4) is 5.75 Å². The lowest BCUT2D eigenvalue weighted by Gasteiger charge is -2.25. The van der Waals surface area contributed by atoms with Crippen LogP contribution in [0, 0.1) is 12.8 Å². The summed E-state index contributed by atoms with van der Waals surface area (Å²) in [6, 6.07) is 5.42. The van der Waals surface area contributed by atoms with E-state index < -0.39 is 6.10 Å². The van der Waals surface area contributed by atoms with Crippen LogP contribution in [0.4, 0.5) is 0 Å². The Hall–Kier alpha value is -1.06. The number of hydrogen-bond acceptors (Lipinski definition) is 3. The zero-order valence-corrected chi connectivity index (χ0v) is 11.1. The number of aliphatic hydroxyl groups excluding tert-OH is 1. The second kappa shape index (κ2) is 6.03. The summed E-state index contributed by atoms with van der Waals surface area (Å²) in [4.78, 5) is 0. The fourth-order valence-corrected chi connectivity index (χ4v) is 1.93. The van der Waals surface area contributed by atoms with Gasteiger partial charge in [0.2, 0.25) is 0 Å². The average Bonchev–Trinajstić information content (AvgIpc) is 2.35. The molecule has 17 heavy (non-hydrogen) atoms. The highest BCUT2D eigenvalue weighted by molar-refractivity contribution is 5.37. The van der Waals surface area contributed by atoms with Crippen LogP contribution in [-0.4, -0.2) is 18.3 Å². The number of aryl methyl sites for hydroxylation is 1. The van der Waals surface area contributed by atoms with Crippen LogP contribution < -0.4 is 10.5 Å². The number of methoxy groups -OCH3 is 1. The smallest absolute Gasteiger partial charge is 0.119 e. The van der Waals surface area contributed by atoms with Crippen LogP contribution in [0.15, 0.2) is 18.2 Å². The minimum absolute atomic E-state index is 0.200. The van der Waals surface area contributed by atoms with E-state index in [9.17, 15) is 5.11 Å². The Morgan fingerprint density at radius 3 is 2.53 bits per heavy atom. The third-order valence-corrected chi connectivity index (χ3v) is 3.43. The van der Waals surface area contributed by atoms with Crippen LogP contribution in [0.3, 0.4) is 0 Å². The predicted octanol–water partition coefficient (Wildman–Crippen LogP) is 2.41. The van der Waals surface area contributed by atoms with E-state index in [1.807, 2.05) is 32.0 Å². The van der Waals surface area contributed by atoms with Crippen molar-refractivity contribution in [2.24, 2.45) is 11.7 Å². The monoisotopic (exact) mass is 237 g/mol. The summed E-state index contributed by atoms with van der Waals surface area (Å²) in [6.45, 7) is 6.06. The molecule has 0 bridgehead atoms. The Kier molecular flexibility index (Phi) is 4.97. The molecule has 1 aromatic rings. The molecule has 0 fully saturated rings. The van der Waals surface area contributed by atoms with Gasteiger partial charge in [0.1, 0.15) is 5.75 Å². The molecule has 0 heterocycles. The van der Waals surface area contributed by atoms with Crippen molar-refractivity contribution in [1.29, 1.82) is 0 Å². The van der Waals surface area contributed by atoms with E-state index in [4.69, 9.17) is 10.5 Å². The maximum atomic E-state index is 10.1. The van der Waals surface area contributed by atoms with Crippen molar-refractivity contribution in [3.05, 3.63) is 29.3 Å². The maximum Gasteiger partial charge on any atom is 0.119 e. The second-order valence-corrected chi connectivity index (χ2v) is 4.62. The Balaban J connectivity index is 2.92. The molecule has 0 amide bonds. The molecule has 0 spiro atoms. The van der Waals surface area contributed by atoms with Gasteiger partial charge in [-0.15, -0.1) is 0 Å². The molecule has 0 saturated carbocycles. The number of rotatable bonds is 5. The molecule has 3 N–H and O–H groups in total. The van der Waals surface area contributed by atoms with Gasteiger partial charge in [0.15, 0.2) is 0 Å². The molecule has 1 unspecified atom stereocenters. The average molecular weight is 237 g/mol. The summed E-state index contributed by atoms with van der Waals surface area (Å²) in [5.74, 6) is 1.02. The van der Waals surface area contributed by atoms with Gasteiger partial charge in [-0.3, -0.25) is 0 Å². The van der Waals surface area contributed by atoms with Crippen LogP contribution in [0.25, 0.3) is 0 Å². The number of benzene rings is 1. The third kappa shape index (κ3) is 3.20. The van der Waals surface area contributed by atoms with Crippen LogP contribution in [0.5, 0.6) is 5.75 Å². The highest BCUT2D eigenvalue weighted by Crippen LogP contribution is 2.26. The summed E-state index contributed by atoms with van der Waals surface area (Å²) >= 11 is 0. The molecular formula is C14H23NO2. The lowest BCUT2D eigenvalue weighted by atomic mass is 9.89. The molecular weight excluding hydrogens is 214 g/mol. The predicted molar refractivity (Wildman–Crippen MR) is 70.1 cm³/mol. The first-order valence-electron chi connectivity index (χ1n) is 6.09. The fourth-order valence-electron chi connectivity index (χ4n) is 1.93. The first-order valence-corrected chi connectivity index (χ1v) is 6.09. The van der Waals surface area contributed by atoms with Gasteiger partial charge >= 0.3 is 0 Å². The van der Waals surface area contributed by atoms with E-state index in [0.29, 0.717) is 0 Å². The molecule has 3 nitrogen and oxygen atoms in total. The van der Waals surface area contributed by atoms with Gasteiger partial charge in [0.05, 0.1) is 19.3 Å². The Bertz CT molecular complexity index is 365. The van der Waals surface area contributed by atoms with E-state index in [2.05, 4.69) is 6.92 Å². The maximum absolute atomic E-state index is 10.1. The fraction of sp³-hybridized carbons (Fsp3) is 0.571. The first kappa shape index (κ1) is 14.0. The summed E-state index contributed by atoms with van der Waals surface area (Å²) in [7, 11) is 1.64. The molecule has 3 heteroatoms. The van der Waals surface area contributed by atoms with E-state index in [1.165, 1.54) is 0 Å². The lowest BCUT2D eigenvalue weighted by molar-refractivity contribution is 0.0877. The molecule has 0 aliphatic heterocycles. The molecule has 0 saturated heterocycles. The van der Waals surface area contributed by atoms with Gasteiger partial charge in [-0.25, -0.2) is 0 Å². The van der Waals surface area contributed by atoms with Crippen molar-refractivity contribution in [3.63, 3.8) is 0 Å². The third-order valence-electron chi connectivity index (χ3n) is 3.43. The molecule has 0 radical (unpaired) electrons. The SMILES string of the molecule is CCC(C)[C@@H](O)[C@@H](N)c1ccc(OC)cc1C. The van der Waals surface area contributed by atoms with Crippen LogP contribution >= 0.6 is 0 Å². The molecule has 3 atom stereocenters. The highest BCUT2D eigenvalue weighted by atomic mass is 16.5. The quantitative estimate of drug-likeness (QED) is 0.827. The molecule has 1 aromatic carbocycles. The number of hydrogen-bond donors (Lipinski definition) is 2. The van der Waals surface area contributed by atoms with Crippen molar-refractivity contribution in [2.45, 2.75) is 39.3 Å². The molecule has 0 aliphatic carbocycles. The van der Waals surface area contributed by atoms with Gasteiger partial charge in [-0.1, -0.05) is 26.3 Å².